The molecule has 2 aliphatic carbocycles. The number of hydrogen-bond acceptors (Lipinski definition) is 4. The number of rotatable bonds is 4. The largest absolute Gasteiger partial charge is 0.465 e. The number of methoxy groups -OCH3 is 1. The second-order valence-electron chi connectivity index (χ2n) is 5.84. The topological polar surface area (TPSA) is 55.4 Å². The van der Waals surface area contributed by atoms with Gasteiger partial charge in [-0.3, -0.25) is 4.79 Å². The zero-order chi connectivity index (χ0) is 14.1. The number of thiophene rings is 1. The van der Waals surface area contributed by atoms with Crippen LogP contribution in [0.1, 0.15) is 41.8 Å². The van der Waals surface area contributed by atoms with Crippen LogP contribution in [0.3, 0.4) is 0 Å². The van der Waals surface area contributed by atoms with Crippen molar-refractivity contribution in [3.05, 3.63) is 16.3 Å². The lowest BCUT2D eigenvalue weighted by atomic mass is 9.86. The molecule has 2 bridgehead atoms. The first-order valence-electron chi connectivity index (χ1n) is 7.13. The van der Waals surface area contributed by atoms with E-state index < -0.39 is 5.97 Å². The van der Waals surface area contributed by atoms with E-state index in [2.05, 4.69) is 5.32 Å². The average molecular weight is 293 g/mol. The molecule has 20 heavy (non-hydrogen) atoms. The molecule has 1 aromatic rings. The number of amides is 1. The van der Waals surface area contributed by atoms with E-state index in [1.54, 1.807) is 11.4 Å². The zero-order valence-electron chi connectivity index (χ0n) is 11.6. The first kappa shape index (κ1) is 13.6. The minimum Gasteiger partial charge on any atom is -0.465 e. The summed E-state index contributed by atoms with van der Waals surface area (Å²) in [7, 11) is 1.35. The molecule has 108 valence electrons. The van der Waals surface area contributed by atoms with E-state index in [0.29, 0.717) is 22.9 Å². The van der Waals surface area contributed by atoms with Gasteiger partial charge in [0.2, 0.25) is 5.91 Å². The molecular formula is C15H19NO3S. The van der Waals surface area contributed by atoms with Crippen LogP contribution in [0.5, 0.6) is 0 Å². The number of esters is 1. The number of ether oxygens (including phenoxy) is 1. The highest BCUT2D eigenvalue weighted by Gasteiger charge is 2.40. The minimum atomic E-state index is -0.393. The molecule has 2 aliphatic rings. The molecule has 0 radical (unpaired) electrons. The normalized spacial score (nSPS) is 27.6. The molecule has 0 unspecified atom stereocenters. The van der Waals surface area contributed by atoms with Gasteiger partial charge in [-0.1, -0.05) is 6.42 Å². The first-order valence-corrected chi connectivity index (χ1v) is 8.01. The van der Waals surface area contributed by atoms with Gasteiger partial charge >= 0.3 is 5.97 Å². The van der Waals surface area contributed by atoms with Crippen LogP contribution < -0.4 is 5.32 Å². The third-order valence-electron chi connectivity index (χ3n) is 4.64. The van der Waals surface area contributed by atoms with E-state index in [-0.39, 0.29) is 5.91 Å². The summed E-state index contributed by atoms with van der Waals surface area (Å²) in [5.41, 5.74) is 0.579. The predicted molar refractivity (Wildman–Crippen MR) is 77.8 cm³/mol. The number of anilines is 1. The minimum absolute atomic E-state index is 0.0195. The van der Waals surface area contributed by atoms with Crippen molar-refractivity contribution in [3.8, 4) is 0 Å². The third-order valence-corrected chi connectivity index (χ3v) is 5.54. The summed E-state index contributed by atoms with van der Waals surface area (Å²) in [6.45, 7) is 0. The van der Waals surface area contributed by atoms with Crippen LogP contribution in [-0.4, -0.2) is 19.0 Å². The molecule has 3 atom stereocenters. The van der Waals surface area contributed by atoms with Gasteiger partial charge in [0.15, 0.2) is 0 Å². The number of nitrogens with one attached hydrogen (secondary N) is 1. The Labute approximate surface area is 122 Å². The van der Waals surface area contributed by atoms with Crippen molar-refractivity contribution in [2.75, 3.05) is 12.4 Å². The Bertz CT molecular complexity index is 525. The van der Waals surface area contributed by atoms with E-state index in [1.807, 2.05) is 0 Å². The summed E-state index contributed by atoms with van der Waals surface area (Å²) >= 11 is 1.29. The Hall–Kier alpha value is -1.36. The standard InChI is InChI=1S/C15H19NO3S/c1-19-15(18)14-12(4-5-20-14)16-13(17)8-11-7-9-2-3-10(11)6-9/h4-5,9-11H,2-3,6-8H2,1H3,(H,16,17)/t9-,10-,11+/m0/s1. The van der Waals surface area contributed by atoms with Crippen molar-refractivity contribution in [1.82, 2.24) is 0 Å². The van der Waals surface area contributed by atoms with Gasteiger partial charge in [-0.2, -0.15) is 0 Å². The van der Waals surface area contributed by atoms with Crippen LogP contribution in [-0.2, 0) is 9.53 Å². The number of hydrogen-bond donors (Lipinski definition) is 1. The summed E-state index contributed by atoms with van der Waals surface area (Å²) in [6, 6.07) is 1.76. The molecule has 0 aromatic carbocycles. The smallest absolute Gasteiger partial charge is 0.350 e. The maximum Gasteiger partial charge on any atom is 0.350 e. The molecule has 1 heterocycles. The van der Waals surface area contributed by atoms with E-state index in [4.69, 9.17) is 4.74 Å². The van der Waals surface area contributed by atoms with Crippen molar-refractivity contribution in [3.63, 3.8) is 0 Å². The molecule has 2 saturated carbocycles. The van der Waals surface area contributed by atoms with Gasteiger partial charge < -0.3 is 10.1 Å². The molecule has 0 saturated heterocycles. The third kappa shape index (κ3) is 2.59. The van der Waals surface area contributed by atoms with Gasteiger partial charge in [-0.25, -0.2) is 4.79 Å². The predicted octanol–water partition coefficient (Wildman–Crippen LogP) is 3.30. The van der Waals surface area contributed by atoms with Gasteiger partial charge in [-0.15, -0.1) is 11.3 Å². The average Bonchev–Trinajstić information content (AvgIpc) is 3.13. The summed E-state index contributed by atoms with van der Waals surface area (Å²) in [5, 5.41) is 4.65. The molecule has 0 spiro atoms. The lowest BCUT2D eigenvalue weighted by molar-refractivity contribution is -0.117. The summed E-state index contributed by atoms with van der Waals surface area (Å²) < 4.78 is 4.71. The molecule has 4 nitrogen and oxygen atoms in total. The Balaban J connectivity index is 1.59. The molecule has 1 amide bonds. The fourth-order valence-electron chi connectivity index (χ4n) is 3.72. The van der Waals surface area contributed by atoms with Crippen LogP contribution in [0.15, 0.2) is 11.4 Å². The van der Waals surface area contributed by atoms with Crippen molar-refractivity contribution in [1.29, 1.82) is 0 Å². The van der Waals surface area contributed by atoms with E-state index in [9.17, 15) is 9.59 Å². The highest BCUT2D eigenvalue weighted by molar-refractivity contribution is 7.12. The van der Waals surface area contributed by atoms with Crippen LogP contribution in [0.25, 0.3) is 0 Å². The maximum atomic E-state index is 12.1. The second kappa shape index (κ2) is 5.56. The molecule has 2 fully saturated rings. The monoisotopic (exact) mass is 293 g/mol. The molecule has 1 N–H and O–H groups in total. The second-order valence-corrected chi connectivity index (χ2v) is 6.76. The van der Waals surface area contributed by atoms with Crippen molar-refractivity contribution < 1.29 is 14.3 Å². The molecule has 5 heteroatoms. The molecule has 0 aliphatic heterocycles. The Morgan fingerprint density at radius 1 is 1.40 bits per heavy atom. The molecular weight excluding hydrogens is 274 g/mol. The van der Waals surface area contributed by atoms with E-state index in [0.717, 1.165) is 11.8 Å². The van der Waals surface area contributed by atoms with Crippen molar-refractivity contribution in [2.24, 2.45) is 17.8 Å². The van der Waals surface area contributed by atoms with Crippen LogP contribution >= 0.6 is 11.3 Å². The van der Waals surface area contributed by atoms with Crippen molar-refractivity contribution >= 4 is 28.9 Å². The van der Waals surface area contributed by atoms with Gasteiger partial charge in [0, 0.05) is 6.42 Å². The lowest BCUT2D eigenvalue weighted by Crippen LogP contribution is -2.20. The quantitative estimate of drug-likeness (QED) is 0.867. The first-order chi connectivity index (χ1) is 9.67. The number of carbonyl (C=O) groups excluding carboxylic acids is 2. The van der Waals surface area contributed by atoms with Gasteiger partial charge in [0.25, 0.3) is 0 Å². The zero-order valence-corrected chi connectivity index (χ0v) is 12.4. The van der Waals surface area contributed by atoms with Crippen molar-refractivity contribution in [2.45, 2.75) is 32.1 Å². The van der Waals surface area contributed by atoms with Gasteiger partial charge in [0.05, 0.1) is 12.8 Å². The fraction of sp³-hybridized carbons (Fsp3) is 0.600. The van der Waals surface area contributed by atoms with Crippen LogP contribution in [0, 0.1) is 17.8 Å². The Morgan fingerprint density at radius 3 is 2.90 bits per heavy atom. The summed E-state index contributed by atoms with van der Waals surface area (Å²) in [6.07, 6.45) is 5.72. The van der Waals surface area contributed by atoms with Crippen LogP contribution in [0.2, 0.25) is 0 Å². The highest BCUT2D eigenvalue weighted by Crippen LogP contribution is 2.49. The highest BCUT2D eigenvalue weighted by atomic mass is 32.1. The summed E-state index contributed by atoms with van der Waals surface area (Å²) in [5.74, 6) is 1.76. The van der Waals surface area contributed by atoms with Gasteiger partial charge in [0.1, 0.15) is 4.88 Å². The maximum absolute atomic E-state index is 12.1. The van der Waals surface area contributed by atoms with Gasteiger partial charge in [-0.05, 0) is 48.5 Å². The van der Waals surface area contributed by atoms with E-state index in [1.165, 1.54) is 44.1 Å². The number of fused-ring (bicyclic) bond motifs is 2. The molecule has 1 aromatic heterocycles. The fourth-order valence-corrected chi connectivity index (χ4v) is 4.49. The lowest BCUT2D eigenvalue weighted by Gasteiger charge is -2.20. The number of carbonyl (C=O) groups is 2. The SMILES string of the molecule is COC(=O)c1sccc1NC(=O)C[C@H]1C[C@H]2CC[C@H]1C2. The molecule has 3 rings (SSSR count). The Kier molecular flexibility index (Phi) is 3.78. The van der Waals surface area contributed by atoms with E-state index >= 15 is 0 Å². The Morgan fingerprint density at radius 2 is 2.25 bits per heavy atom. The van der Waals surface area contributed by atoms with Crippen LogP contribution in [0.4, 0.5) is 5.69 Å². The summed E-state index contributed by atoms with van der Waals surface area (Å²) in [4.78, 5) is 24.2.